The van der Waals surface area contributed by atoms with E-state index in [4.69, 9.17) is 23.2 Å². The smallest absolute Gasteiger partial charge is 0.0921 e. The van der Waals surface area contributed by atoms with E-state index in [2.05, 4.69) is 9.97 Å². The summed E-state index contributed by atoms with van der Waals surface area (Å²) in [6.45, 7) is 0. The lowest BCUT2D eigenvalue weighted by Crippen LogP contribution is -1.92. The van der Waals surface area contributed by atoms with Gasteiger partial charge in [0.2, 0.25) is 0 Å². The Labute approximate surface area is 105 Å². The highest BCUT2D eigenvalue weighted by atomic mass is 35.5. The van der Waals surface area contributed by atoms with E-state index in [0.717, 1.165) is 40.6 Å². The fourth-order valence-corrected chi connectivity index (χ4v) is 2.23. The Morgan fingerprint density at radius 2 is 1.88 bits per heavy atom. The zero-order valence-corrected chi connectivity index (χ0v) is 10.2. The van der Waals surface area contributed by atoms with E-state index in [1.807, 2.05) is 24.4 Å². The Hall–Kier alpha value is -0.990. The summed E-state index contributed by atoms with van der Waals surface area (Å²) in [7, 11) is 0. The van der Waals surface area contributed by atoms with Gasteiger partial charge in [0.05, 0.1) is 6.33 Å². The largest absolute Gasteiger partial charge is 0.348 e. The molecule has 0 radical (unpaired) electrons. The van der Waals surface area contributed by atoms with Crippen LogP contribution in [-0.4, -0.2) is 9.97 Å². The van der Waals surface area contributed by atoms with Crippen molar-refractivity contribution in [1.29, 1.82) is 0 Å². The van der Waals surface area contributed by atoms with E-state index in [0.29, 0.717) is 0 Å². The van der Waals surface area contributed by atoms with E-state index in [-0.39, 0.29) is 0 Å². The number of H-pyrrole nitrogens is 1. The summed E-state index contributed by atoms with van der Waals surface area (Å²) in [5.74, 6) is 0. The minimum atomic E-state index is 0.747. The molecule has 0 amide bonds. The van der Waals surface area contributed by atoms with Gasteiger partial charge in [0, 0.05) is 21.9 Å². The molecule has 84 valence electrons. The molecule has 0 unspecified atom stereocenters. The van der Waals surface area contributed by atoms with Crippen LogP contribution >= 0.6 is 23.2 Å². The Morgan fingerprint density at radius 1 is 1.12 bits per heavy atom. The van der Waals surface area contributed by atoms with Gasteiger partial charge in [0.1, 0.15) is 0 Å². The number of hydrogen-bond acceptors (Lipinski definition) is 1. The van der Waals surface area contributed by atoms with Gasteiger partial charge in [-0.25, -0.2) is 4.98 Å². The first-order valence-corrected chi connectivity index (χ1v) is 5.93. The van der Waals surface area contributed by atoms with Gasteiger partial charge in [-0.2, -0.15) is 0 Å². The third-order valence-electron chi connectivity index (χ3n) is 2.49. The fraction of sp³-hybridized carbons (Fsp3) is 0.250. The lowest BCUT2D eigenvalue weighted by atomic mass is 10.1. The molecule has 1 N–H and O–H groups in total. The number of aromatic nitrogens is 2. The van der Waals surface area contributed by atoms with Crippen LogP contribution < -0.4 is 0 Å². The number of nitrogens with zero attached hydrogens (tertiary/aromatic N) is 1. The van der Waals surface area contributed by atoms with Crippen LogP contribution in [0.1, 0.15) is 17.7 Å². The van der Waals surface area contributed by atoms with E-state index in [1.54, 1.807) is 6.33 Å². The fourth-order valence-electron chi connectivity index (χ4n) is 1.65. The number of rotatable bonds is 4. The zero-order valence-electron chi connectivity index (χ0n) is 8.71. The van der Waals surface area contributed by atoms with Gasteiger partial charge in [-0.15, -0.1) is 0 Å². The van der Waals surface area contributed by atoms with Crippen molar-refractivity contribution in [1.82, 2.24) is 9.97 Å². The van der Waals surface area contributed by atoms with Gasteiger partial charge in [-0.05, 0) is 37.0 Å². The topological polar surface area (TPSA) is 28.7 Å². The monoisotopic (exact) mass is 254 g/mol. The Bertz CT molecular complexity index is 432. The van der Waals surface area contributed by atoms with Crippen molar-refractivity contribution in [3.63, 3.8) is 0 Å². The van der Waals surface area contributed by atoms with Crippen molar-refractivity contribution in [2.24, 2.45) is 0 Å². The molecule has 2 aromatic rings. The highest BCUT2D eigenvalue weighted by Crippen LogP contribution is 2.25. The van der Waals surface area contributed by atoms with Crippen LogP contribution in [0, 0.1) is 0 Å². The first kappa shape index (κ1) is 11.5. The molecule has 0 fully saturated rings. The maximum absolute atomic E-state index is 6.09. The van der Waals surface area contributed by atoms with Crippen molar-refractivity contribution in [2.45, 2.75) is 19.3 Å². The first-order chi connectivity index (χ1) is 7.77. The lowest BCUT2D eigenvalue weighted by Gasteiger charge is -2.05. The van der Waals surface area contributed by atoms with Gasteiger partial charge >= 0.3 is 0 Å². The van der Waals surface area contributed by atoms with E-state index >= 15 is 0 Å². The SMILES string of the molecule is Clc1cccc(Cl)c1CCCc1cnc[nH]1. The molecule has 0 aliphatic carbocycles. The third kappa shape index (κ3) is 2.77. The van der Waals surface area contributed by atoms with E-state index in [9.17, 15) is 0 Å². The van der Waals surface area contributed by atoms with Crippen molar-refractivity contribution in [2.75, 3.05) is 0 Å². The lowest BCUT2D eigenvalue weighted by molar-refractivity contribution is 0.804. The van der Waals surface area contributed by atoms with Crippen LogP contribution in [0.3, 0.4) is 0 Å². The Morgan fingerprint density at radius 3 is 2.50 bits per heavy atom. The quantitative estimate of drug-likeness (QED) is 0.882. The number of aryl methyl sites for hydroxylation is 1. The second-order valence-electron chi connectivity index (χ2n) is 3.63. The number of aromatic amines is 1. The van der Waals surface area contributed by atoms with Crippen LogP contribution in [0.4, 0.5) is 0 Å². The van der Waals surface area contributed by atoms with Crippen LogP contribution in [0.2, 0.25) is 10.0 Å². The molecule has 16 heavy (non-hydrogen) atoms. The minimum Gasteiger partial charge on any atom is -0.348 e. The van der Waals surface area contributed by atoms with Crippen molar-refractivity contribution >= 4 is 23.2 Å². The van der Waals surface area contributed by atoms with Crippen LogP contribution in [-0.2, 0) is 12.8 Å². The van der Waals surface area contributed by atoms with Gasteiger partial charge in [-0.1, -0.05) is 29.3 Å². The number of imidazole rings is 1. The molecular formula is C12H12Cl2N2. The predicted molar refractivity (Wildman–Crippen MR) is 67.1 cm³/mol. The molecule has 2 nitrogen and oxygen atoms in total. The summed E-state index contributed by atoms with van der Waals surface area (Å²) >= 11 is 12.2. The van der Waals surface area contributed by atoms with Crippen molar-refractivity contribution in [3.8, 4) is 0 Å². The second kappa shape index (κ2) is 5.37. The Kier molecular flexibility index (Phi) is 3.86. The van der Waals surface area contributed by atoms with Gasteiger partial charge in [0.15, 0.2) is 0 Å². The average Bonchev–Trinajstić information content (AvgIpc) is 2.75. The van der Waals surface area contributed by atoms with Crippen LogP contribution in [0.25, 0.3) is 0 Å². The maximum Gasteiger partial charge on any atom is 0.0921 e. The number of halogens is 2. The first-order valence-electron chi connectivity index (χ1n) is 5.17. The van der Waals surface area contributed by atoms with Gasteiger partial charge in [0.25, 0.3) is 0 Å². The summed E-state index contributed by atoms with van der Waals surface area (Å²) in [6, 6.07) is 5.61. The predicted octanol–water partition coefficient (Wildman–Crippen LogP) is 3.89. The molecule has 2 rings (SSSR count). The highest BCUT2D eigenvalue weighted by Gasteiger charge is 2.05. The second-order valence-corrected chi connectivity index (χ2v) is 4.45. The van der Waals surface area contributed by atoms with Crippen LogP contribution in [0.15, 0.2) is 30.7 Å². The standard InChI is InChI=1S/C12H12Cl2N2/c13-11-5-2-6-12(14)10(11)4-1-3-9-7-15-8-16-9/h2,5-8H,1,3-4H2,(H,15,16). The summed E-state index contributed by atoms with van der Waals surface area (Å²) < 4.78 is 0. The molecule has 1 heterocycles. The van der Waals surface area contributed by atoms with E-state index in [1.165, 1.54) is 0 Å². The Balaban J connectivity index is 1.95. The van der Waals surface area contributed by atoms with Gasteiger partial charge < -0.3 is 4.98 Å². The molecule has 0 saturated carbocycles. The number of nitrogens with one attached hydrogen (secondary N) is 1. The molecule has 1 aromatic carbocycles. The van der Waals surface area contributed by atoms with Crippen LogP contribution in [0.5, 0.6) is 0 Å². The normalized spacial score (nSPS) is 10.6. The molecule has 0 saturated heterocycles. The molecule has 0 atom stereocenters. The molecule has 0 aliphatic heterocycles. The minimum absolute atomic E-state index is 0.747. The third-order valence-corrected chi connectivity index (χ3v) is 3.20. The summed E-state index contributed by atoms with van der Waals surface area (Å²) in [6.07, 6.45) is 6.39. The van der Waals surface area contributed by atoms with Crippen molar-refractivity contribution < 1.29 is 0 Å². The highest BCUT2D eigenvalue weighted by molar-refractivity contribution is 6.35. The molecule has 4 heteroatoms. The summed E-state index contributed by atoms with van der Waals surface area (Å²) in [5, 5.41) is 1.49. The molecule has 1 aromatic heterocycles. The average molecular weight is 255 g/mol. The maximum atomic E-state index is 6.09. The number of benzene rings is 1. The van der Waals surface area contributed by atoms with Gasteiger partial charge in [-0.3, -0.25) is 0 Å². The molecule has 0 aliphatic rings. The summed E-state index contributed by atoms with van der Waals surface area (Å²) in [5.41, 5.74) is 2.17. The molecular weight excluding hydrogens is 243 g/mol. The summed E-state index contributed by atoms with van der Waals surface area (Å²) in [4.78, 5) is 7.05. The molecule has 0 bridgehead atoms. The molecule has 0 spiro atoms. The number of hydrogen-bond donors (Lipinski definition) is 1. The van der Waals surface area contributed by atoms with Crippen molar-refractivity contribution in [3.05, 3.63) is 52.0 Å². The zero-order chi connectivity index (χ0) is 11.4. The van der Waals surface area contributed by atoms with E-state index < -0.39 is 0 Å².